The Hall–Kier alpha value is -1.71. The lowest BCUT2D eigenvalue weighted by atomic mass is 10.1. The predicted molar refractivity (Wildman–Crippen MR) is 91.5 cm³/mol. The van der Waals surface area contributed by atoms with E-state index in [-0.39, 0.29) is 12.5 Å². The Kier molecular flexibility index (Phi) is 5.33. The molecule has 22 heavy (non-hydrogen) atoms. The molecule has 0 aliphatic carbocycles. The third-order valence-corrected chi connectivity index (χ3v) is 3.90. The number of halogens is 2. The summed E-state index contributed by atoms with van der Waals surface area (Å²) in [5.41, 5.74) is 2.22. The molecule has 0 saturated heterocycles. The van der Waals surface area contributed by atoms with E-state index in [0.29, 0.717) is 15.7 Å². The van der Waals surface area contributed by atoms with Crippen molar-refractivity contribution in [1.29, 1.82) is 0 Å². The molecule has 2 rings (SSSR count). The zero-order valence-electron chi connectivity index (χ0n) is 12.4. The van der Waals surface area contributed by atoms with Crippen LogP contribution >= 0.6 is 23.2 Å². The highest BCUT2D eigenvalue weighted by atomic mass is 35.5. The number of hydrogen-bond acceptors (Lipinski definition) is 2. The molecule has 1 N–H and O–H groups in total. The number of rotatable bonds is 5. The standard InChI is InChI=1S/C17H17Cl2NO2/c1-11(2)20(17-13(18)7-5-8-14(17)19)15-9-4-3-6-12(15)10-16(21)22/h3-9,11H,10H2,1-2H3,(H,21,22). The fourth-order valence-electron chi connectivity index (χ4n) is 2.43. The van der Waals surface area contributed by atoms with E-state index in [1.807, 2.05) is 43.0 Å². The van der Waals surface area contributed by atoms with Crippen molar-refractivity contribution in [3.8, 4) is 0 Å². The van der Waals surface area contributed by atoms with Crippen molar-refractivity contribution < 1.29 is 9.90 Å². The Morgan fingerprint density at radius 3 is 2.23 bits per heavy atom. The number of hydrogen-bond donors (Lipinski definition) is 1. The molecule has 0 radical (unpaired) electrons. The fraction of sp³-hybridized carbons (Fsp3) is 0.235. The van der Waals surface area contributed by atoms with Crippen LogP contribution in [0, 0.1) is 0 Å². The first kappa shape index (κ1) is 16.7. The molecule has 3 nitrogen and oxygen atoms in total. The number of aliphatic carboxylic acids is 1. The molecule has 0 spiro atoms. The molecular weight excluding hydrogens is 321 g/mol. The monoisotopic (exact) mass is 337 g/mol. The third-order valence-electron chi connectivity index (χ3n) is 3.29. The molecule has 0 amide bonds. The summed E-state index contributed by atoms with van der Waals surface area (Å²) < 4.78 is 0. The van der Waals surface area contributed by atoms with Crippen molar-refractivity contribution in [1.82, 2.24) is 0 Å². The van der Waals surface area contributed by atoms with E-state index in [4.69, 9.17) is 28.3 Å². The van der Waals surface area contributed by atoms with Crippen molar-refractivity contribution in [3.63, 3.8) is 0 Å². The molecule has 2 aromatic carbocycles. The van der Waals surface area contributed by atoms with E-state index in [1.54, 1.807) is 18.2 Å². The van der Waals surface area contributed by atoms with Gasteiger partial charge in [0.05, 0.1) is 22.2 Å². The molecule has 0 fully saturated rings. The number of anilines is 2. The molecule has 0 unspecified atom stereocenters. The fourth-order valence-corrected chi connectivity index (χ4v) is 3.01. The molecule has 0 saturated carbocycles. The quantitative estimate of drug-likeness (QED) is 0.818. The molecule has 5 heteroatoms. The zero-order chi connectivity index (χ0) is 16.3. The molecule has 116 valence electrons. The maximum Gasteiger partial charge on any atom is 0.307 e. The van der Waals surface area contributed by atoms with Gasteiger partial charge in [0.15, 0.2) is 0 Å². The van der Waals surface area contributed by atoms with Crippen molar-refractivity contribution in [2.45, 2.75) is 26.3 Å². The van der Waals surface area contributed by atoms with Crippen LogP contribution in [0.25, 0.3) is 0 Å². The highest BCUT2D eigenvalue weighted by Gasteiger charge is 2.21. The number of para-hydroxylation sites is 2. The van der Waals surface area contributed by atoms with Gasteiger partial charge in [-0.3, -0.25) is 4.79 Å². The van der Waals surface area contributed by atoms with Crippen molar-refractivity contribution in [2.75, 3.05) is 4.90 Å². The summed E-state index contributed by atoms with van der Waals surface area (Å²) in [5.74, 6) is -0.874. The van der Waals surface area contributed by atoms with Crippen LogP contribution in [-0.4, -0.2) is 17.1 Å². The summed E-state index contributed by atoms with van der Waals surface area (Å²) in [5, 5.41) is 10.2. The summed E-state index contributed by atoms with van der Waals surface area (Å²) in [6.45, 7) is 4.02. The largest absolute Gasteiger partial charge is 0.481 e. The van der Waals surface area contributed by atoms with Crippen LogP contribution in [0.1, 0.15) is 19.4 Å². The van der Waals surface area contributed by atoms with Crippen molar-refractivity contribution in [2.24, 2.45) is 0 Å². The van der Waals surface area contributed by atoms with Gasteiger partial charge in [0.2, 0.25) is 0 Å². The predicted octanol–water partition coefficient (Wildman–Crippen LogP) is 5.17. The summed E-state index contributed by atoms with van der Waals surface area (Å²) in [6.07, 6.45) is -0.0541. The van der Waals surface area contributed by atoms with Gasteiger partial charge in [-0.15, -0.1) is 0 Å². The summed E-state index contributed by atoms with van der Waals surface area (Å²) in [6, 6.07) is 12.8. The molecule has 0 heterocycles. The molecule has 0 aliphatic heterocycles. The summed E-state index contributed by atoms with van der Waals surface area (Å²) in [4.78, 5) is 13.1. The smallest absolute Gasteiger partial charge is 0.307 e. The molecule has 2 aromatic rings. The van der Waals surface area contributed by atoms with Crippen LogP contribution in [0.2, 0.25) is 10.0 Å². The summed E-state index contributed by atoms with van der Waals surface area (Å²) in [7, 11) is 0. The Morgan fingerprint density at radius 2 is 1.68 bits per heavy atom. The van der Waals surface area contributed by atoms with Gasteiger partial charge in [-0.25, -0.2) is 0 Å². The number of carboxylic acids is 1. The van der Waals surface area contributed by atoms with Gasteiger partial charge < -0.3 is 10.0 Å². The van der Waals surface area contributed by atoms with E-state index in [0.717, 1.165) is 11.3 Å². The number of carbonyl (C=O) groups is 1. The third kappa shape index (κ3) is 3.54. The lowest BCUT2D eigenvalue weighted by Gasteiger charge is -2.32. The molecule has 0 aromatic heterocycles. The average molecular weight is 338 g/mol. The van der Waals surface area contributed by atoms with E-state index in [2.05, 4.69) is 0 Å². The molecular formula is C17H17Cl2NO2. The van der Waals surface area contributed by atoms with Crippen LogP contribution in [-0.2, 0) is 11.2 Å². The van der Waals surface area contributed by atoms with Gasteiger partial charge in [0, 0.05) is 11.7 Å². The SMILES string of the molecule is CC(C)N(c1ccccc1CC(=O)O)c1c(Cl)cccc1Cl. The second-order valence-electron chi connectivity index (χ2n) is 5.23. The van der Waals surface area contributed by atoms with Crippen LogP contribution in [0.3, 0.4) is 0 Å². The first-order chi connectivity index (χ1) is 10.4. The van der Waals surface area contributed by atoms with Gasteiger partial charge in [0.1, 0.15) is 0 Å². The van der Waals surface area contributed by atoms with E-state index >= 15 is 0 Å². The van der Waals surface area contributed by atoms with Gasteiger partial charge in [-0.2, -0.15) is 0 Å². The topological polar surface area (TPSA) is 40.5 Å². The molecule has 0 bridgehead atoms. The Balaban J connectivity index is 2.61. The van der Waals surface area contributed by atoms with Crippen molar-refractivity contribution >= 4 is 40.5 Å². The first-order valence-corrected chi connectivity index (χ1v) is 7.70. The minimum atomic E-state index is -0.874. The number of benzene rings is 2. The zero-order valence-corrected chi connectivity index (χ0v) is 13.9. The van der Waals surface area contributed by atoms with Crippen LogP contribution in [0.4, 0.5) is 11.4 Å². The maximum atomic E-state index is 11.1. The van der Waals surface area contributed by atoms with E-state index in [9.17, 15) is 4.79 Å². The van der Waals surface area contributed by atoms with Crippen LogP contribution < -0.4 is 4.90 Å². The number of carboxylic acid groups (broad SMARTS) is 1. The van der Waals surface area contributed by atoms with Gasteiger partial charge in [-0.05, 0) is 37.6 Å². The van der Waals surface area contributed by atoms with Crippen molar-refractivity contribution in [3.05, 3.63) is 58.1 Å². The lowest BCUT2D eigenvalue weighted by Crippen LogP contribution is -2.27. The minimum Gasteiger partial charge on any atom is -0.481 e. The first-order valence-electron chi connectivity index (χ1n) is 6.94. The minimum absolute atomic E-state index is 0.0541. The Morgan fingerprint density at radius 1 is 1.09 bits per heavy atom. The highest BCUT2D eigenvalue weighted by Crippen LogP contribution is 2.40. The van der Waals surface area contributed by atoms with E-state index in [1.165, 1.54) is 0 Å². The second kappa shape index (κ2) is 7.03. The Labute approximate surface area is 140 Å². The maximum absolute atomic E-state index is 11.1. The summed E-state index contributed by atoms with van der Waals surface area (Å²) >= 11 is 12.7. The second-order valence-corrected chi connectivity index (χ2v) is 6.05. The van der Waals surface area contributed by atoms with Crippen LogP contribution in [0.15, 0.2) is 42.5 Å². The average Bonchev–Trinajstić information content (AvgIpc) is 2.43. The van der Waals surface area contributed by atoms with E-state index < -0.39 is 5.97 Å². The normalized spacial score (nSPS) is 10.8. The lowest BCUT2D eigenvalue weighted by molar-refractivity contribution is -0.136. The number of nitrogens with zero attached hydrogens (tertiary/aromatic N) is 1. The van der Waals surface area contributed by atoms with Gasteiger partial charge >= 0.3 is 5.97 Å². The van der Waals surface area contributed by atoms with Gasteiger partial charge in [-0.1, -0.05) is 47.5 Å². The molecule has 0 aliphatic rings. The highest BCUT2D eigenvalue weighted by molar-refractivity contribution is 6.39. The Bertz CT molecular complexity index is 666. The molecule has 0 atom stereocenters. The van der Waals surface area contributed by atoms with Crippen LogP contribution in [0.5, 0.6) is 0 Å². The van der Waals surface area contributed by atoms with Gasteiger partial charge in [0.25, 0.3) is 0 Å².